The number of ether oxygens (including phenoxy) is 2. The van der Waals surface area contributed by atoms with Crippen molar-refractivity contribution in [1.82, 2.24) is 0 Å². The Morgan fingerprint density at radius 3 is 0.848 bits per heavy atom. The molecule has 0 saturated carbocycles. The van der Waals surface area contributed by atoms with Crippen molar-refractivity contribution < 1.29 is 19.7 Å². The highest BCUT2D eigenvalue weighted by molar-refractivity contribution is 5.39. The number of aryl methyl sites for hydroxylation is 6. The van der Waals surface area contributed by atoms with Crippen LogP contribution in [0.4, 0.5) is 0 Å². The van der Waals surface area contributed by atoms with Gasteiger partial charge in [-0.3, -0.25) is 0 Å². The summed E-state index contributed by atoms with van der Waals surface area (Å²) in [5.74, 6) is 3.90. The number of phenolic OH excluding ortho intramolecular Hbond substituents is 2. The van der Waals surface area contributed by atoms with Crippen molar-refractivity contribution in [2.75, 3.05) is 0 Å². The number of rotatable bonds is 13. The van der Waals surface area contributed by atoms with Gasteiger partial charge in [0.1, 0.15) is 34.5 Å². The van der Waals surface area contributed by atoms with E-state index < -0.39 is 0 Å². The van der Waals surface area contributed by atoms with Gasteiger partial charge in [0.15, 0.2) is 0 Å². The molecule has 0 aromatic heterocycles. The maximum absolute atomic E-state index is 9.52. The van der Waals surface area contributed by atoms with Crippen LogP contribution in [0.5, 0.6) is 34.5 Å². The molecule has 0 unspecified atom stereocenters. The van der Waals surface area contributed by atoms with E-state index in [0.717, 1.165) is 61.5 Å². The van der Waals surface area contributed by atoms with Crippen LogP contribution in [-0.2, 0) is 38.5 Å². The Balaban J connectivity index is 1.02. The minimum absolute atomic E-state index is 0.292. The fourth-order valence-electron chi connectivity index (χ4n) is 5.52. The summed E-state index contributed by atoms with van der Waals surface area (Å²) in [6.45, 7) is 0. The van der Waals surface area contributed by atoms with Crippen molar-refractivity contribution in [2.24, 2.45) is 0 Å². The Kier molecular flexibility index (Phi) is 9.96. The summed E-state index contributed by atoms with van der Waals surface area (Å²) < 4.78 is 12.5. The van der Waals surface area contributed by atoms with Gasteiger partial charge >= 0.3 is 0 Å². The van der Waals surface area contributed by atoms with E-state index in [0.29, 0.717) is 11.5 Å². The average Bonchev–Trinajstić information content (AvgIpc) is 3.08. The molecule has 0 spiro atoms. The first-order chi connectivity index (χ1) is 22.5. The lowest BCUT2D eigenvalue weighted by Crippen LogP contribution is -1.95. The van der Waals surface area contributed by atoms with Gasteiger partial charge in [0.25, 0.3) is 0 Å². The standard InChI is InChI=1S/C42H38O4/c43-37-23-19-31(20-24-37)13-15-33-5-1-9-39(27-33)45-41-11-3-7-35(29-41)17-18-36-8-4-12-42(30-36)46-40-10-2-6-34(28-40)16-14-32-21-25-38(44)26-22-32/h1-12,19-30,43-44H,13-18H2. The van der Waals surface area contributed by atoms with Crippen molar-refractivity contribution in [2.45, 2.75) is 38.5 Å². The van der Waals surface area contributed by atoms with E-state index in [1.807, 2.05) is 72.8 Å². The van der Waals surface area contributed by atoms with Crippen LogP contribution >= 0.6 is 0 Å². The van der Waals surface area contributed by atoms with Crippen LogP contribution in [0.25, 0.3) is 0 Å². The molecule has 0 radical (unpaired) electrons. The molecular formula is C42H38O4. The molecule has 4 nitrogen and oxygen atoms in total. The monoisotopic (exact) mass is 606 g/mol. The molecule has 0 atom stereocenters. The third kappa shape index (κ3) is 9.02. The topological polar surface area (TPSA) is 58.9 Å². The largest absolute Gasteiger partial charge is 0.508 e. The Morgan fingerprint density at radius 2 is 0.565 bits per heavy atom. The molecule has 0 aliphatic carbocycles. The first-order valence-corrected chi connectivity index (χ1v) is 15.8. The fourth-order valence-corrected chi connectivity index (χ4v) is 5.52. The molecule has 46 heavy (non-hydrogen) atoms. The van der Waals surface area contributed by atoms with E-state index in [4.69, 9.17) is 9.47 Å². The van der Waals surface area contributed by atoms with Gasteiger partial charge in [0.05, 0.1) is 0 Å². The van der Waals surface area contributed by atoms with Crippen LogP contribution in [0.3, 0.4) is 0 Å². The van der Waals surface area contributed by atoms with Crippen LogP contribution in [0, 0.1) is 0 Å². The molecule has 0 bridgehead atoms. The summed E-state index contributed by atoms with van der Waals surface area (Å²) in [5, 5.41) is 19.0. The molecule has 0 saturated heterocycles. The van der Waals surface area contributed by atoms with E-state index in [-0.39, 0.29) is 0 Å². The predicted octanol–water partition coefficient (Wildman–Crippen LogP) is 10.0. The Labute approximate surface area is 271 Å². The third-order valence-electron chi connectivity index (χ3n) is 8.04. The van der Waals surface area contributed by atoms with E-state index in [1.54, 1.807) is 24.3 Å². The molecule has 230 valence electrons. The van der Waals surface area contributed by atoms with Crippen molar-refractivity contribution in [3.63, 3.8) is 0 Å². The zero-order chi connectivity index (χ0) is 31.6. The van der Waals surface area contributed by atoms with Gasteiger partial charge in [-0.05, 0) is 145 Å². The Hall–Kier alpha value is -5.48. The number of phenols is 2. The maximum Gasteiger partial charge on any atom is 0.127 e. The molecule has 0 aliphatic heterocycles. The normalized spacial score (nSPS) is 10.9. The average molecular weight is 607 g/mol. The van der Waals surface area contributed by atoms with E-state index >= 15 is 0 Å². The second kappa shape index (κ2) is 15.0. The number of hydrogen-bond acceptors (Lipinski definition) is 4. The highest BCUT2D eigenvalue weighted by Gasteiger charge is 2.06. The fraction of sp³-hybridized carbons (Fsp3) is 0.143. The second-order valence-corrected chi connectivity index (χ2v) is 11.6. The molecule has 0 aliphatic rings. The molecule has 0 amide bonds. The lowest BCUT2D eigenvalue weighted by Gasteiger charge is -2.11. The summed E-state index contributed by atoms with van der Waals surface area (Å²) in [6.07, 6.45) is 5.38. The SMILES string of the molecule is Oc1ccc(CCc2cccc(Oc3cccc(CCc4cccc(Oc5cccc(CCc6ccc(O)cc6)c5)c4)c3)c2)cc1. The van der Waals surface area contributed by atoms with Crippen molar-refractivity contribution in [3.8, 4) is 34.5 Å². The van der Waals surface area contributed by atoms with Gasteiger partial charge in [-0.2, -0.15) is 0 Å². The van der Waals surface area contributed by atoms with Crippen LogP contribution in [0.15, 0.2) is 146 Å². The molecule has 6 rings (SSSR count). The van der Waals surface area contributed by atoms with Crippen LogP contribution in [-0.4, -0.2) is 10.2 Å². The van der Waals surface area contributed by atoms with Crippen molar-refractivity contribution >= 4 is 0 Å². The Morgan fingerprint density at radius 1 is 0.304 bits per heavy atom. The summed E-state index contributed by atoms with van der Waals surface area (Å²) >= 11 is 0. The number of benzene rings is 6. The van der Waals surface area contributed by atoms with Crippen LogP contribution in [0.1, 0.15) is 33.4 Å². The summed E-state index contributed by atoms with van der Waals surface area (Å²) in [6, 6.07) is 47.9. The maximum atomic E-state index is 9.52. The number of aromatic hydroxyl groups is 2. The highest BCUT2D eigenvalue weighted by atomic mass is 16.5. The molecular weight excluding hydrogens is 568 g/mol. The van der Waals surface area contributed by atoms with Crippen LogP contribution in [0.2, 0.25) is 0 Å². The minimum Gasteiger partial charge on any atom is -0.508 e. The van der Waals surface area contributed by atoms with Gasteiger partial charge in [-0.15, -0.1) is 0 Å². The van der Waals surface area contributed by atoms with Crippen LogP contribution < -0.4 is 9.47 Å². The molecule has 4 heteroatoms. The van der Waals surface area contributed by atoms with Gasteiger partial charge in [0, 0.05) is 0 Å². The highest BCUT2D eigenvalue weighted by Crippen LogP contribution is 2.27. The van der Waals surface area contributed by atoms with Gasteiger partial charge in [0.2, 0.25) is 0 Å². The molecule has 0 fully saturated rings. The third-order valence-corrected chi connectivity index (χ3v) is 8.04. The van der Waals surface area contributed by atoms with E-state index in [9.17, 15) is 10.2 Å². The lowest BCUT2D eigenvalue weighted by molar-refractivity contribution is 0.474. The predicted molar refractivity (Wildman–Crippen MR) is 184 cm³/mol. The number of hydrogen-bond donors (Lipinski definition) is 2. The quantitative estimate of drug-likeness (QED) is 0.137. The van der Waals surface area contributed by atoms with Crippen molar-refractivity contribution in [3.05, 3.63) is 179 Å². The first kappa shape index (κ1) is 30.5. The second-order valence-electron chi connectivity index (χ2n) is 11.6. The lowest BCUT2D eigenvalue weighted by atomic mass is 10.0. The molecule has 2 N–H and O–H groups in total. The summed E-state index contributed by atoms with van der Waals surface area (Å²) in [5.41, 5.74) is 7.25. The zero-order valence-corrected chi connectivity index (χ0v) is 25.8. The zero-order valence-electron chi connectivity index (χ0n) is 25.8. The Bertz CT molecular complexity index is 1720. The van der Waals surface area contributed by atoms with Gasteiger partial charge < -0.3 is 19.7 Å². The molecule has 6 aromatic carbocycles. The van der Waals surface area contributed by atoms with E-state index in [2.05, 4.69) is 48.5 Å². The first-order valence-electron chi connectivity index (χ1n) is 15.8. The van der Waals surface area contributed by atoms with Gasteiger partial charge in [-0.25, -0.2) is 0 Å². The van der Waals surface area contributed by atoms with Gasteiger partial charge in [-0.1, -0.05) is 72.8 Å². The molecule has 6 aromatic rings. The molecule has 0 heterocycles. The summed E-state index contributed by atoms with van der Waals surface area (Å²) in [7, 11) is 0. The smallest absolute Gasteiger partial charge is 0.127 e. The minimum atomic E-state index is 0.292. The van der Waals surface area contributed by atoms with E-state index in [1.165, 1.54) is 33.4 Å². The summed E-state index contributed by atoms with van der Waals surface area (Å²) in [4.78, 5) is 0. The van der Waals surface area contributed by atoms with Crippen molar-refractivity contribution in [1.29, 1.82) is 0 Å².